The third-order valence-corrected chi connectivity index (χ3v) is 5.67. The van der Waals surface area contributed by atoms with Gasteiger partial charge in [-0.3, -0.25) is 0 Å². The van der Waals surface area contributed by atoms with Gasteiger partial charge in [0.25, 0.3) is 0 Å². The predicted octanol–water partition coefficient (Wildman–Crippen LogP) is 7.65. The second kappa shape index (κ2) is 16.1. The zero-order valence-electron chi connectivity index (χ0n) is 18.3. The summed E-state index contributed by atoms with van der Waals surface area (Å²) in [4.78, 5) is 0. The fourth-order valence-electron chi connectivity index (χ4n) is 3.82. The fourth-order valence-corrected chi connectivity index (χ4v) is 3.82. The maximum atomic E-state index is 12.5. The molecule has 1 unspecified atom stereocenters. The lowest BCUT2D eigenvalue weighted by molar-refractivity contribution is -0.861. The largest absolute Gasteiger partial charge is 0.633 e. The number of hydrogen-bond donors (Lipinski definition) is 0. The Morgan fingerprint density at radius 2 is 1.07 bits per heavy atom. The fraction of sp³-hybridized carbons (Fsp3) is 0.760. The van der Waals surface area contributed by atoms with Crippen LogP contribution in [0.3, 0.4) is 0 Å². The Labute approximate surface area is 169 Å². The summed E-state index contributed by atoms with van der Waals surface area (Å²) < 4.78 is -0.0320. The molecule has 1 rings (SSSR count). The molecule has 0 spiro atoms. The van der Waals surface area contributed by atoms with Crippen molar-refractivity contribution in [1.82, 2.24) is 0 Å². The monoisotopic (exact) mass is 375 g/mol. The SMILES string of the molecule is CCCCCCCCCCCC[N+](C)([O-])CCCCCCc1ccccc1. The molecule has 156 valence electrons. The van der Waals surface area contributed by atoms with Gasteiger partial charge < -0.3 is 9.85 Å². The van der Waals surface area contributed by atoms with Gasteiger partial charge in [-0.25, -0.2) is 0 Å². The highest BCUT2D eigenvalue weighted by Gasteiger charge is 2.09. The lowest BCUT2D eigenvalue weighted by Crippen LogP contribution is -2.39. The molecule has 1 atom stereocenters. The number of quaternary nitrogens is 1. The number of hydroxylamine groups is 3. The van der Waals surface area contributed by atoms with E-state index in [-0.39, 0.29) is 4.65 Å². The van der Waals surface area contributed by atoms with Crippen LogP contribution in [0, 0.1) is 5.21 Å². The topological polar surface area (TPSA) is 23.1 Å². The van der Waals surface area contributed by atoms with Crippen LogP contribution in [0.5, 0.6) is 0 Å². The molecule has 0 radical (unpaired) electrons. The third-order valence-electron chi connectivity index (χ3n) is 5.67. The first-order chi connectivity index (χ1) is 13.1. The minimum absolute atomic E-state index is 0.0320. The normalized spacial score (nSPS) is 13.6. The molecule has 0 fully saturated rings. The van der Waals surface area contributed by atoms with Crippen molar-refractivity contribution in [2.75, 3.05) is 20.1 Å². The third kappa shape index (κ3) is 14.8. The summed E-state index contributed by atoms with van der Waals surface area (Å²) in [5.74, 6) is 0. The molecule has 0 saturated heterocycles. The minimum Gasteiger partial charge on any atom is -0.633 e. The zero-order chi connectivity index (χ0) is 19.6. The van der Waals surface area contributed by atoms with E-state index in [9.17, 15) is 5.21 Å². The van der Waals surface area contributed by atoms with E-state index in [4.69, 9.17) is 0 Å². The van der Waals surface area contributed by atoms with E-state index in [1.165, 1.54) is 89.0 Å². The van der Waals surface area contributed by atoms with Crippen molar-refractivity contribution in [3.8, 4) is 0 Å². The van der Waals surface area contributed by atoms with Gasteiger partial charge in [0.1, 0.15) is 0 Å². The molecule has 2 heteroatoms. The molecule has 1 aromatic rings. The summed E-state index contributed by atoms with van der Waals surface area (Å²) in [6, 6.07) is 10.7. The Bertz CT molecular complexity index is 429. The second-order valence-electron chi connectivity index (χ2n) is 8.58. The standard InChI is InChI=1S/C25H45NO/c1-3-4-5-6-7-8-9-10-12-18-23-26(2,27)24-19-13-11-15-20-25-21-16-14-17-22-25/h14,16-17,21-22H,3-13,15,18-20,23-24H2,1-2H3. The van der Waals surface area contributed by atoms with Crippen molar-refractivity contribution < 1.29 is 4.65 Å². The van der Waals surface area contributed by atoms with Crippen molar-refractivity contribution >= 4 is 0 Å². The summed E-state index contributed by atoms with van der Waals surface area (Å²) in [6.07, 6.45) is 19.3. The number of benzene rings is 1. The first-order valence-electron chi connectivity index (χ1n) is 11.7. The summed E-state index contributed by atoms with van der Waals surface area (Å²) in [5, 5.41) is 12.5. The van der Waals surface area contributed by atoms with E-state index in [1.807, 2.05) is 7.05 Å². The number of nitrogens with zero attached hydrogens (tertiary/aromatic N) is 1. The molecule has 0 heterocycles. The van der Waals surface area contributed by atoms with E-state index >= 15 is 0 Å². The van der Waals surface area contributed by atoms with Crippen molar-refractivity contribution in [3.05, 3.63) is 41.1 Å². The highest BCUT2D eigenvalue weighted by atomic mass is 16.5. The average molecular weight is 376 g/mol. The Morgan fingerprint density at radius 3 is 1.59 bits per heavy atom. The molecule has 0 aromatic heterocycles. The van der Waals surface area contributed by atoms with Crippen LogP contribution in [0.2, 0.25) is 0 Å². The van der Waals surface area contributed by atoms with Crippen LogP contribution in [0.1, 0.15) is 102 Å². The van der Waals surface area contributed by atoms with Crippen molar-refractivity contribution in [2.45, 2.75) is 103 Å². The van der Waals surface area contributed by atoms with Crippen LogP contribution in [0.25, 0.3) is 0 Å². The maximum Gasteiger partial charge on any atom is 0.0781 e. The molecular weight excluding hydrogens is 330 g/mol. The molecule has 0 aliphatic rings. The number of rotatable bonds is 18. The van der Waals surface area contributed by atoms with Crippen molar-refractivity contribution in [3.63, 3.8) is 0 Å². The first-order valence-corrected chi connectivity index (χ1v) is 11.7. The molecule has 1 aromatic carbocycles. The Hall–Kier alpha value is -0.860. The van der Waals surface area contributed by atoms with Crippen molar-refractivity contribution in [2.24, 2.45) is 0 Å². The molecule has 27 heavy (non-hydrogen) atoms. The Morgan fingerprint density at radius 1 is 0.630 bits per heavy atom. The van der Waals surface area contributed by atoms with Crippen LogP contribution in [-0.4, -0.2) is 24.8 Å². The molecule has 0 bridgehead atoms. The summed E-state index contributed by atoms with van der Waals surface area (Å²) >= 11 is 0. The van der Waals surface area contributed by atoms with Gasteiger partial charge in [-0.05, 0) is 44.1 Å². The second-order valence-corrected chi connectivity index (χ2v) is 8.58. The summed E-state index contributed by atoms with van der Waals surface area (Å²) in [7, 11) is 1.87. The van der Waals surface area contributed by atoms with Gasteiger partial charge in [0.2, 0.25) is 0 Å². The molecular formula is C25H45NO. The highest BCUT2D eigenvalue weighted by molar-refractivity contribution is 5.14. The molecule has 0 saturated carbocycles. The lowest BCUT2D eigenvalue weighted by Gasteiger charge is -2.39. The Balaban J connectivity index is 1.89. The number of unbranched alkanes of at least 4 members (excludes halogenated alkanes) is 12. The van der Waals surface area contributed by atoms with Gasteiger partial charge in [-0.15, -0.1) is 0 Å². The summed E-state index contributed by atoms with van der Waals surface area (Å²) in [5.41, 5.74) is 1.43. The van der Waals surface area contributed by atoms with Gasteiger partial charge >= 0.3 is 0 Å². The van der Waals surface area contributed by atoms with Crippen LogP contribution >= 0.6 is 0 Å². The van der Waals surface area contributed by atoms with Crippen LogP contribution < -0.4 is 0 Å². The average Bonchev–Trinajstić information content (AvgIpc) is 2.67. The minimum atomic E-state index is -0.0320. The predicted molar refractivity (Wildman–Crippen MR) is 120 cm³/mol. The Kier molecular flexibility index (Phi) is 14.4. The number of hydrogen-bond acceptors (Lipinski definition) is 1. The van der Waals surface area contributed by atoms with E-state index in [2.05, 4.69) is 37.3 Å². The van der Waals surface area contributed by atoms with E-state index < -0.39 is 0 Å². The van der Waals surface area contributed by atoms with Crippen LogP contribution in [0.4, 0.5) is 0 Å². The quantitative estimate of drug-likeness (QED) is 0.147. The van der Waals surface area contributed by atoms with E-state index in [0.717, 1.165) is 25.9 Å². The van der Waals surface area contributed by atoms with Crippen LogP contribution in [0.15, 0.2) is 30.3 Å². The number of aryl methyl sites for hydroxylation is 1. The van der Waals surface area contributed by atoms with Gasteiger partial charge in [0.05, 0.1) is 20.1 Å². The maximum absolute atomic E-state index is 12.5. The highest BCUT2D eigenvalue weighted by Crippen LogP contribution is 2.13. The van der Waals surface area contributed by atoms with Gasteiger partial charge in [0, 0.05) is 0 Å². The van der Waals surface area contributed by atoms with E-state index in [0.29, 0.717) is 0 Å². The van der Waals surface area contributed by atoms with E-state index in [1.54, 1.807) is 0 Å². The molecule has 2 nitrogen and oxygen atoms in total. The smallest absolute Gasteiger partial charge is 0.0781 e. The van der Waals surface area contributed by atoms with Gasteiger partial charge in [0.15, 0.2) is 0 Å². The molecule has 0 amide bonds. The molecule has 0 aliphatic heterocycles. The first kappa shape index (κ1) is 24.2. The molecule has 0 aliphatic carbocycles. The lowest BCUT2D eigenvalue weighted by atomic mass is 10.1. The van der Waals surface area contributed by atoms with Gasteiger partial charge in [-0.1, -0.05) is 95.0 Å². The summed E-state index contributed by atoms with van der Waals surface area (Å²) in [6.45, 7) is 3.87. The molecule has 0 N–H and O–H groups in total. The van der Waals surface area contributed by atoms with Crippen LogP contribution in [-0.2, 0) is 6.42 Å². The zero-order valence-corrected chi connectivity index (χ0v) is 18.3. The van der Waals surface area contributed by atoms with Gasteiger partial charge in [-0.2, -0.15) is 0 Å². The van der Waals surface area contributed by atoms with Crippen molar-refractivity contribution in [1.29, 1.82) is 0 Å².